The number of amides is 1. The van der Waals surface area contributed by atoms with Crippen LogP contribution in [0.15, 0.2) is 46.7 Å². The lowest BCUT2D eigenvalue weighted by Crippen LogP contribution is -2.30. The molecule has 0 spiro atoms. The molecule has 0 saturated heterocycles. The van der Waals surface area contributed by atoms with Crippen molar-refractivity contribution in [1.29, 1.82) is 0 Å². The Morgan fingerprint density at radius 2 is 1.70 bits per heavy atom. The number of hydrogen-bond donors (Lipinski definition) is 2. The van der Waals surface area contributed by atoms with E-state index in [1.807, 2.05) is 0 Å². The lowest BCUT2D eigenvalue weighted by atomic mass is 10.1. The van der Waals surface area contributed by atoms with Crippen LogP contribution in [0.4, 0.5) is 5.13 Å². The summed E-state index contributed by atoms with van der Waals surface area (Å²) in [6.07, 6.45) is 0. The van der Waals surface area contributed by atoms with Crippen LogP contribution in [0, 0.1) is 0 Å². The number of nitrogens with zero attached hydrogens (tertiary/aromatic N) is 1. The first-order chi connectivity index (χ1) is 15.7. The van der Waals surface area contributed by atoms with Crippen LogP contribution in [0.2, 0.25) is 0 Å². The van der Waals surface area contributed by atoms with Gasteiger partial charge in [0.1, 0.15) is 22.1 Å². The van der Waals surface area contributed by atoms with Crippen molar-refractivity contribution in [2.75, 3.05) is 26.6 Å². The number of sulfonamides is 1. The van der Waals surface area contributed by atoms with Gasteiger partial charge in [-0.3, -0.25) is 10.1 Å². The van der Waals surface area contributed by atoms with E-state index < -0.39 is 15.9 Å². The van der Waals surface area contributed by atoms with Gasteiger partial charge in [0.15, 0.2) is 5.13 Å². The molecule has 1 amide bonds. The van der Waals surface area contributed by atoms with E-state index in [4.69, 9.17) is 14.2 Å². The number of methoxy groups -OCH3 is 3. The molecule has 3 aromatic rings. The van der Waals surface area contributed by atoms with Gasteiger partial charge in [0.2, 0.25) is 10.0 Å². The molecule has 2 N–H and O–H groups in total. The van der Waals surface area contributed by atoms with Gasteiger partial charge in [-0.1, -0.05) is 0 Å². The normalized spacial score (nSPS) is 11.3. The molecule has 3 rings (SSSR count). The Hall–Kier alpha value is -3.15. The first-order valence-electron chi connectivity index (χ1n) is 9.88. The lowest BCUT2D eigenvalue weighted by Gasteiger charge is -2.14. The predicted octanol–water partition coefficient (Wildman–Crippen LogP) is 3.77. The molecule has 1 aromatic heterocycles. The van der Waals surface area contributed by atoms with E-state index in [1.54, 1.807) is 51.6 Å². The van der Waals surface area contributed by atoms with Gasteiger partial charge < -0.3 is 14.2 Å². The summed E-state index contributed by atoms with van der Waals surface area (Å²) in [6, 6.07) is 9.23. The molecule has 9 nitrogen and oxygen atoms in total. The zero-order valence-corrected chi connectivity index (χ0v) is 20.5. The van der Waals surface area contributed by atoms with Crippen LogP contribution in [-0.2, 0) is 10.0 Å². The molecule has 0 saturated carbocycles. The molecule has 0 aliphatic heterocycles. The van der Waals surface area contributed by atoms with Crippen molar-refractivity contribution in [3.8, 4) is 28.5 Å². The fraction of sp³-hybridized carbons (Fsp3) is 0.273. The molecule has 0 unspecified atom stereocenters. The molecule has 0 aliphatic rings. The molecule has 2 aromatic carbocycles. The van der Waals surface area contributed by atoms with Crippen molar-refractivity contribution >= 4 is 32.4 Å². The van der Waals surface area contributed by atoms with Crippen molar-refractivity contribution < 1.29 is 27.4 Å². The molecule has 33 heavy (non-hydrogen) atoms. The fourth-order valence-electron chi connectivity index (χ4n) is 3.04. The number of nitrogens with one attached hydrogen (secondary N) is 2. The van der Waals surface area contributed by atoms with Gasteiger partial charge in [-0.2, -0.15) is 0 Å². The average molecular weight is 492 g/mol. The average Bonchev–Trinajstić information content (AvgIpc) is 3.25. The number of anilines is 1. The third-order valence-corrected chi connectivity index (χ3v) is 6.95. The summed E-state index contributed by atoms with van der Waals surface area (Å²) >= 11 is 1.23. The van der Waals surface area contributed by atoms with Crippen LogP contribution in [0.1, 0.15) is 24.2 Å². The van der Waals surface area contributed by atoms with E-state index in [-0.39, 0.29) is 22.3 Å². The number of aromatic nitrogens is 1. The first-order valence-corrected chi connectivity index (χ1v) is 12.2. The number of hydrogen-bond acceptors (Lipinski definition) is 8. The molecule has 0 radical (unpaired) electrons. The summed E-state index contributed by atoms with van der Waals surface area (Å²) < 4.78 is 43.7. The highest BCUT2D eigenvalue weighted by Crippen LogP contribution is 2.35. The van der Waals surface area contributed by atoms with Crippen molar-refractivity contribution in [2.24, 2.45) is 0 Å². The molecule has 176 valence electrons. The van der Waals surface area contributed by atoms with E-state index in [1.165, 1.54) is 36.6 Å². The molecular formula is C22H25N3O6S2. The zero-order chi connectivity index (χ0) is 24.2. The number of carbonyl (C=O) groups is 1. The Balaban J connectivity index is 1.88. The lowest BCUT2D eigenvalue weighted by molar-refractivity contribution is 0.102. The zero-order valence-electron chi connectivity index (χ0n) is 18.8. The van der Waals surface area contributed by atoms with Crippen molar-refractivity contribution in [1.82, 2.24) is 9.71 Å². The minimum absolute atomic E-state index is 0.118. The Bertz CT molecular complexity index is 1250. The van der Waals surface area contributed by atoms with Crippen LogP contribution in [0.3, 0.4) is 0 Å². The van der Waals surface area contributed by atoms with Gasteiger partial charge >= 0.3 is 0 Å². The molecule has 0 atom stereocenters. The van der Waals surface area contributed by atoms with Crippen LogP contribution in [0.5, 0.6) is 17.2 Å². The third-order valence-electron chi connectivity index (χ3n) is 4.51. The van der Waals surface area contributed by atoms with Gasteiger partial charge in [-0.25, -0.2) is 18.1 Å². The topological polar surface area (TPSA) is 116 Å². The van der Waals surface area contributed by atoms with Gasteiger partial charge in [-0.05, 0) is 50.2 Å². The summed E-state index contributed by atoms with van der Waals surface area (Å²) in [6.45, 7) is 3.41. The minimum atomic E-state index is -3.87. The van der Waals surface area contributed by atoms with E-state index in [0.29, 0.717) is 27.9 Å². The molecule has 0 bridgehead atoms. The van der Waals surface area contributed by atoms with E-state index in [0.717, 1.165) is 0 Å². The summed E-state index contributed by atoms with van der Waals surface area (Å²) in [5.74, 6) is 0.895. The second-order valence-electron chi connectivity index (χ2n) is 7.20. The van der Waals surface area contributed by atoms with Crippen molar-refractivity contribution in [3.05, 3.63) is 47.3 Å². The number of carbonyl (C=O) groups excluding carboxylic acids is 1. The summed E-state index contributed by atoms with van der Waals surface area (Å²) in [5, 5.41) is 4.84. The van der Waals surface area contributed by atoms with Gasteiger partial charge in [0.05, 0.1) is 27.0 Å². The predicted molar refractivity (Wildman–Crippen MR) is 127 cm³/mol. The van der Waals surface area contributed by atoms with E-state index in [2.05, 4.69) is 15.0 Å². The molecule has 0 aliphatic carbocycles. The van der Waals surface area contributed by atoms with Crippen LogP contribution in [-0.4, -0.2) is 46.7 Å². The second kappa shape index (κ2) is 10.2. The number of ether oxygens (including phenoxy) is 3. The highest BCUT2D eigenvalue weighted by Gasteiger charge is 2.23. The van der Waals surface area contributed by atoms with E-state index in [9.17, 15) is 13.2 Å². The van der Waals surface area contributed by atoms with E-state index >= 15 is 0 Å². The molecular weight excluding hydrogens is 466 g/mol. The van der Waals surface area contributed by atoms with Crippen LogP contribution < -0.4 is 24.2 Å². The van der Waals surface area contributed by atoms with Gasteiger partial charge in [-0.15, -0.1) is 11.3 Å². The summed E-state index contributed by atoms with van der Waals surface area (Å²) in [7, 11) is 0.624. The Morgan fingerprint density at radius 3 is 2.33 bits per heavy atom. The van der Waals surface area contributed by atoms with Crippen molar-refractivity contribution in [2.45, 2.75) is 24.8 Å². The molecule has 11 heteroatoms. The standard InChI is InChI=1S/C22H25N3O6S2/c1-13(2)25-33(27,28)20-10-14(6-8-19(20)31-5)21(26)24-22-23-17(12-32-22)16-11-15(29-3)7-9-18(16)30-4/h6-13,25H,1-5H3,(H,23,24,26). The highest BCUT2D eigenvalue weighted by molar-refractivity contribution is 7.89. The SMILES string of the molecule is COc1ccc(OC)c(-c2csc(NC(=O)c3ccc(OC)c(S(=O)(=O)NC(C)C)c3)n2)c1. The quantitative estimate of drug-likeness (QED) is 0.468. The van der Waals surface area contributed by atoms with Crippen LogP contribution >= 0.6 is 11.3 Å². The second-order valence-corrected chi connectivity index (χ2v) is 9.74. The van der Waals surface area contributed by atoms with Crippen molar-refractivity contribution in [3.63, 3.8) is 0 Å². The van der Waals surface area contributed by atoms with Crippen LogP contribution in [0.25, 0.3) is 11.3 Å². The summed E-state index contributed by atoms with van der Waals surface area (Å²) in [5.41, 5.74) is 1.46. The molecule has 0 fully saturated rings. The molecule has 1 heterocycles. The maximum Gasteiger partial charge on any atom is 0.257 e. The smallest absolute Gasteiger partial charge is 0.257 e. The minimum Gasteiger partial charge on any atom is -0.497 e. The fourth-order valence-corrected chi connectivity index (χ4v) is 5.19. The number of rotatable bonds is 9. The number of benzene rings is 2. The third kappa shape index (κ3) is 5.62. The summed E-state index contributed by atoms with van der Waals surface area (Å²) in [4.78, 5) is 17.2. The van der Waals surface area contributed by atoms with Gasteiger partial charge in [0, 0.05) is 22.5 Å². The van der Waals surface area contributed by atoms with Gasteiger partial charge in [0.25, 0.3) is 5.91 Å². The number of thiazole rings is 1. The Labute approximate surface area is 196 Å². The highest BCUT2D eigenvalue weighted by atomic mass is 32.2. The Kier molecular flexibility index (Phi) is 7.57. The largest absolute Gasteiger partial charge is 0.497 e. The maximum absolute atomic E-state index is 12.8. The maximum atomic E-state index is 12.8. The Morgan fingerprint density at radius 1 is 1.00 bits per heavy atom. The monoisotopic (exact) mass is 491 g/mol. The first kappa shape index (κ1) is 24.5.